The fraction of sp³-hybridized carbons (Fsp3) is 0.156. The Labute approximate surface area is 266 Å². The third-order valence-corrected chi connectivity index (χ3v) is 8.78. The minimum Gasteiger partial charge on any atom is -0.490 e. The number of rotatable bonds is 8. The zero-order valence-electron chi connectivity index (χ0n) is 22.6. The predicted octanol–water partition coefficient (Wildman–Crippen LogP) is 6.00. The lowest BCUT2D eigenvalue weighted by Gasteiger charge is -2.34. The van der Waals surface area contributed by atoms with Gasteiger partial charge in [0.25, 0.3) is 5.91 Å². The first-order valence-corrected chi connectivity index (χ1v) is 15.8. The lowest BCUT2D eigenvalue weighted by molar-refractivity contribution is -0.116. The molecule has 212 valence electrons. The monoisotopic (exact) mass is 708 g/mol. The van der Waals surface area contributed by atoms with Crippen molar-refractivity contribution in [3.8, 4) is 11.5 Å². The van der Waals surface area contributed by atoms with Gasteiger partial charge in [-0.05, 0) is 64.9 Å². The maximum atomic E-state index is 13.6. The van der Waals surface area contributed by atoms with Gasteiger partial charge in [-0.3, -0.25) is 15.1 Å². The minimum absolute atomic E-state index is 0.235. The smallest absolute Gasteiger partial charge is 0.276 e. The third kappa shape index (κ3) is 5.99. The van der Waals surface area contributed by atoms with Crippen molar-refractivity contribution in [1.82, 2.24) is 10.3 Å². The molecular weight excluding hydrogens is 683 g/mol. The van der Waals surface area contributed by atoms with E-state index in [0.717, 1.165) is 30.8 Å². The lowest BCUT2D eigenvalue weighted by Crippen LogP contribution is -2.50. The lowest BCUT2D eigenvalue weighted by atomic mass is 10.1. The van der Waals surface area contributed by atoms with Crippen LogP contribution in [0.15, 0.2) is 101 Å². The Hall–Kier alpha value is -3.54. The van der Waals surface area contributed by atoms with Crippen molar-refractivity contribution in [3.63, 3.8) is 0 Å². The molecule has 0 unspecified atom stereocenters. The van der Waals surface area contributed by atoms with Gasteiger partial charge < -0.3 is 9.47 Å². The molecule has 0 saturated carbocycles. The standard InChI is InChI=1S/C32H26ClIN4O3S/c1-2-40-27-17-22(16-25(34)29(27)41-18-20-10-4-3-5-11-20)30-35-26-15-9-7-13-23(26)28-31(39)36-32(37-38(28)30)42-19-21-12-6-8-14-24(21)33/h3-17,30H,2,18-19H2,1H3,(H,36,37,39)/t30-/m0/s1. The van der Waals surface area contributed by atoms with Crippen molar-refractivity contribution in [2.45, 2.75) is 25.4 Å². The zero-order chi connectivity index (χ0) is 29.1. The summed E-state index contributed by atoms with van der Waals surface area (Å²) in [5, 5.41) is 12.2. The molecular formula is C32H26ClIN4O3S. The Kier molecular flexibility index (Phi) is 8.68. The maximum Gasteiger partial charge on any atom is 0.276 e. The second-order valence-electron chi connectivity index (χ2n) is 9.49. The van der Waals surface area contributed by atoms with Crippen LogP contribution in [0.4, 0.5) is 0 Å². The molecule has 7 nitrogen and oxygen atoms in total. The van der Waals surface area contributed by atoms with Gasteiger partial charge in [-0.25, -0.2) is 5.01 Å². The van der Waals surface area contributed by atoms with E-state index in [1.807, 2.05) is 97.9 Å². The van der Waals surface area contributed by atoms with E-state index in [4.69, 9.17) is 31.2 Å². The van der Waals surface area contributed by atoms with E-state index in [-0.39, 0.29) is 5.91 Å². The summed E-state index contributed by atoms with van der Waals surface area (Å²) in [4.78, 5) is 18.6. The van der Waals surface area contributed by atoms with Crippen molar-refractivity contribution in [2.75, 3.05) is 6.61 Å². The van der Waals surface area contributed by atoms with Gasteiger partial charge >= 0.3 is 0 Å². The van der Waals surface area contributed by atoms with E-state index >= 15 is 0 Å². The zero-order valence-corrected chi connectivity index (χ0v) is 26.3. The quantitative estimate of drug-likeness (QED) is 0.228. The number of amides is 1. The average molecular weight is 709 g/mol. The highest BCUT2D eigenvalue weighted by Gasteiger charge is 2.35. The molecule has 1 atom stereocenters. The Morgan fingerprint density at radius 2 is 1.76 bits per heavy atom. The third-order valence-electron chi connectivity index (χ3n) is 6.69. The van der Waals surface area contributed by atoms with Gasteiger partial charge in [0.15, 0.2) is 22.8 Å². The maximum absolute atomic E-state index is 13.6. The van der Waals surface area contributed by atoms with Crippen LogP contribution in [0.5, 0.6) is 11.5 Å². The topological polar surface area (TPSA) is 75.5 Å². The number of hydrogen-bond donors (Lipinski definition) is 1. The van der Waals surface area contributed by atoms with Crippen molar-refractivity contribution in [1.29, 1.82) is 0 Å². The van der Waals surface area contributed by atoms with Crippen LogP contribution in [0.2, 0.25) is 5.02 Å². The number of thioether (sulfide) groups is 1. The number of ether oxygens (including phenoxy) is 2. The molecule has 1 amide bonds. The highest BCUT2D eigenvalue weighted by atomic mass is 127. The van der Waals surface area contributed by atoms with E-state index in [2.05, 4.69) is 27.9 Å². The number of nitrogens with one attached hydrogen (secondary N) is 1. The van der Waals surface area contributed by atoms with Gasteiger partial charge in [-0.15, -0.1) is 5.10 Å². The molecule has 0 radical (unpaired) electrons. The molecule has 10 heteroatoms. The SMILES string of the molecule is CCOc1cc([C@H]2N=c3ccccc3=C3C(=O)NC(SCc4ccccc4Cl)=NN32)cc(I)c1OCc1ccccc1. The molecule has 0 fully saturated rings. The number of fused-ring (bicyclic) bond motifs is 2. The van der Waals surface area contributed by atoms with Crippen LogP contribution in [-0.4, -0.2) is 22.7 Å². The molecule has 4 aromatic rings. The Morgan fingerprint density at radius 1 is 1.00 bits per heavy atom. The van der Waals surface area contributed by atoms with Crippen molar-refractivity contribution >= 4 is 62.7 Å². The molecule has 6 rings (SSSR count). The molecule has 2 aliphatic rings. The number of hydrazone groups is 1. The van der Waals surface area contributed by atoms with Gasteiger partial charge in [0.2, 0.25) is 0 Å². The normalized spacial score (nSPS) is 15.6. The van der Waals surface area contributed by atoms with Crippen LogP contribution in [-0.2, 0) is 17.2 Å². The van der Waals surface area contributed by atoms with Crippen LogP contribution in [0.3, 0.4) is 0 Å². The van der Waals surface area contributed by atoms with Crippen molar-refractivity contribution < 1.29 is 14.3 Å². The summed E-state index contributed by atoms with van der Waals surface area (Å²) in [6.45, 7) is 2.82. The average Bonchev–Trinajstić information content (AvgIpc) is 3.00. The van der Waals surface area contributed by atoms with E-state index in [1.54, 1.807) is 5.01 Å². The summed E-state index contributed by atoms with van der Waals surface area (Å²) in [6, 6.07) is 29.2. The number of nitrogens with zero attached hydrogens (tertiary/aromatic N) is 3. The molecule has 0 aliphatic carbocycles. The van der Waals surface area contributed by atoms with Gasteiger partial charge in [-0.1, -0.05) is 90.1 Å². The van der Waals surface area contributed by atoms with Crippen LogP contribution in [0.1, 0.15) is 29.8 Å². The van der Waals surface area contributed by atoms with Crippen LogP contribution in [0.25, 0.3) is 5.70 Å². The van der Waals surface area contributed by atoms with Crippen LogP contribution >= 0.6 is 46.0 Å². The van der Waals surface area contributed by atoms with Gasteiger partial charge in [0, 0.05) is 21.6 Å². The van der Waals surface area contributed by atoms with Crippen LogP contribution < -0.4 is 25.4 Å². The number of para-hydroxylation sites is 1. The highest BCUT2D eigenvalue weighted by molar-refractivity contribution is 14.1. The fourth-order valence-corrected chi connectivity index (χ4v) is 6.66. The second-order valence-corrected chi connectivity index (χ2v) is 12.0. The van der Waals surface area contributed by atoms with Crippen molar-refractivity contribution in [2.24, 2.45) is 10.1 Å². The van der Waals surface area contributed by atoms with Gasteiger partial charge in [0.1, 0.15) is 12.3 Å². The first kappa shape index (κ1) is 28.6. The summed E-state index contributed by atoms with van der Waals surface area (Å²) in [7, 11) is 0. The fourth-order valence-electron chi connectivity index (χ4n) is 4.74. The van der Waals surface area contributed by atoms with E-state index in [0.29, 0.717) is 46.4 Å². The molecule has 0 saturated heterocycles. The van der Waals surface area contributed by atoms with E-state index < -0.39 is 6.17 Å². The largest absolute Gasteiger partial charge is 0.490 e. The molecule has 1 N–H and O–H groups in total. The first-order chi connectivity index (χ1) is 20.5. The summed E-state index contributed by atoms with van der Waals surface area (Å²) >= 11 is 10.1. The molecule has 2 aliphatic heterocycles. The summed E-state index contributed by atoms with van der Waals surface area (Å²) in [5.41, 5.74) is 3.30. The first-order valence-electron chi connectivity index (χ1n) is 13.4. The molecule has 2 heterocycles. The molecule has 0 aromatic heterocycles. The number of amidine groups is 1. The Balaban J connectivity index is 1.38. The van der Waals surface area contributed by atoms with E-state index in [9.17, 15) is 4.79 Å². The summed E-state index contributed by atoms with van der Waals surface area (Å²) in [5.74, 6) is 1.60. The Bertz CT molecular complexity index is 1800. The second kappa shape index (κ2) is 12.8. The van der Waals surface area contributed by atoms with Gasteiger partial charge in [-0.2, -0.15) is 0 Å². The number of halogens is 2. The molecule has 0 spiro atoms. The van der Waals surface area contributed by atoms with Crippen molar-refractivity contribution in [3.05, 3.63) is 127 Å². The molecule has 4 aromatic carbocycles. The summed E-state index contributed by atoms with van der Waals surface area (Å²) in [6.07, 6.45) is -0.590. The predicted molar refractivity (Wildman–Crippen MR) is 175 cm³/mol. The number of carbonyl (C=O) groups is 1. The summed E-state index contributed by atoms with van der Waals surface area (Å²) < 4.78 is 13.2. The molecule has 42 heavy (non-hydrogen) atoms. The molecule has 0 bridgehead atoms. The minimum atomic E-state index is -0.590. The number of carbonyl (C=O) groups excluding carboxylic acids is 1. The van der Waals surface area contributed by atoms with Gasteiger partial charge in [0.05, 0.1) is 15.5 Å². The number of benzene rings is 4. The highest BCUT2D eigenvalue weighted by Crippen LogP contribution is 2.40. The van der Waals surface area contributed by atoms with E-state index in [1.165, 1.54) is 11.8 Å². The van der Waals surface area contributed by atoms with Crippen LogP contribution in [0, 0.1) is 3.57 Å². The Morgan fingerprint density at radius 3 is 2.57 bits per heavy atom. The number of hydrogen-bond acceptors (Lipinski definition) is 7.